The Kier molecular flexibility index (Phi) is 15.4. The van der Waals surface area contributed by atoms with E-state index in [-0.39, 0.29) is 26.2 Å². The third kappa shape index (κ3) is 15.1. The van der Waals surface area contributed by atoms with Gasteiger partial charge < -0.3 is 0 Å². The van der Waals surface area contributed by atoms with E-state index in [4.69, 9.17) is 0 Å². The van der Waals surface area contributed by atoms with E-state index < -0.39 is 16.1 Å². The van der Waals surface area contributed by atoms with E-state index in [0.29, 0.717) is 0 Å². The van der Waals surface area contributed by atoms with Gasteiger partial charge in [0.15, 0.2) is 0 Å². The third-order valence-corrected chi connectivity index (χ3v) is 8.61. The van der Waals surface area contributed by atoms with Crippen LogP contribution in [0.2, 0.25) is 39.3 Å². The van der Waals surface area contributed by atoms with Crippen molar-refractivity contribution in [1.29, 1.82) is 0 Å². The van der Waals surface area contributed by atoms with E-state index in [1.165, 1.54) is 10.4 Å². The van der Waals surface area contributed by atoms with E-state index in [0.717, 1.165) is 24.0 Å². The molecule has 0 bridgehead atoms. The topological polar surface area (TPSA) is 0 Å². The van der Waals surface area contributed by atoms with Crippen LogP contribution in [0, 0.1) is 26.0 Å². The minimum Gasteiger partial charge on any atom is -0.274 e. The fraction of sp³-hybridized carbons (Fsp3) is 0.267. The first-order valence-corrected chi connectivity index (χ1v) is 18.3. The normalized spacial score (nSPS) is 13.6. The molecule has 0 radical (unpaired) electrons. The van der Waals surface area contributed by atoms with Gasteiger partial charge in [0.25, 0.3) is 0 Å². The average Bonchev–Trinajstić information content (AvgIpc) is 3.44. The van der Waals surface area contributed by atoms with Crippen LogP contribution in [-0.2, 0) is 26.2 Å². The van der Waals surface area contributed by atoms with Crippen LogP contribution in [0.3, 0.4) is 0 Å². The summed E-state index contributed by atoms with van der Waals surface area (Å²) in [5.41, 5.74) is 2.14. The van der Waals surface area contributed by atoms with E-state index in [1.54, 1.807) is 0 Å². The van der Waals surface area contributed by atoms with E-state index in [2.05, 4.69) is 89.6 Å². The molecule has 0 heterocycles. The van der Waals surface area contributed by atoms with Crippen molar-refractivity contribution in [2.75, 3.05) is 0 Å². The quantitative estimate of drug-likeness (QED) is 0.260. The standard InChI is InChI=1S/2C8H13Si.2C7H7.Zr/c2*1-9(2,3)8-6-4-5-7-8;2*1-7-5-3-2-4-6-7;/h2*4,6H,5H2,1-3H3;2*2-6H,1H2;/q4*-1;+4. The first kappa shape index (κ1) is 31.5. The molecule has 0 spiro atoms. The summed E-state index contributed by atoms with van der Waals surface area (Å²) in [7, 11) is -2.01. The van der Waals surface area contributed by atoms with Gasteiger partial charge >= 0.3 is 26.2 Å². The summed E-state index contributed by atoms with van der Waals surface area (Å²) >= 11 is 0. The van der Waals surface area contributed by atoms with Crippen molar-refractivity contribution in [3.05, 3.63) is 132 Å². The van der Waals surface area contributed by atoms with Gasteiger partial charge in [-0.15, -0.1) is 37.1 Å². The first-order chi connectivity index (χ1) is 15.0. The molecule has 2 aromatic rings. The maximum absolute atomic E-state index is 3.72. The molecule has 172 valence electrons. The summed E-state index contributed by atoms with van der Waals surface area (Å²) in [6.07, 6.45) is 17.6. The fourth-order valence-electron chi connectivity index (χ4n) is 2.80. The maximum atomic E-state index is 3.72. The van der Waals surface area contributed by atoms with Crippen molar-refractivity contribution in [3.8, 4) is 0 Å². The van der Waals surface area contributed by atoms with Gasteiger partial charge in [0.05, 0.1) is 0 Å². The summed E-state index contributed by atoms with van der Waals surface area (Å²) < 4.78 is 0. The van der Waals surface area contributed by atoms with Gasteiger partial charge in [-0.05, 0) is 0 Å². The van der Waals surface area contributed by atoms with Crippen molar-refractivity contribution in [3.63, 3.8) is 0 Å². The second-order valence-electron chi connectivity index (χ2n) is 9.87. The zero-order valence-corrected chi connectivity index (χ0v) is 25.9. The average molecular weight is 548 g/mol. The predicted octanol–water partition coefficient (Wildman–Crippen LogP) is 8.84. The van der Waals surface area contributed by atoms with Crippen molar-refractivity contribution in [2.45, 2.75) is 52.1 Å². The molecule has 0 N–H and O–H groups in total. The predicted molar refractivity (Wildman–Crippen MR) is 150 cm³/mol. The Hall–Kier alpha value is -1.54. The summed E-state index contributed by atoms with van der Waals surface area (Å²) in [4.78, 5) is 0. The molecule has 0 saturated carbocycles. The molecule has 2 aromatic carbocycles. The van der Waals surface area contributed by atoms with Gasteiger partial charge in [0.2, 0.25) is 0 Å². The molecule has 0 atom stereocenters. The Labute approximate surface area is 225 Å². The zero-order chi connectivity index (χ0) is 24.0. The van der Waals surface area contributed by atoms with Gasteiger partial charge in [-0.1, -0.05) is 51.4 Å². The molecular weight excluding hydrogens is 508 g/mol. The van der Waals surface area contributed by atoms with Crippen molar-refractivity contribution < 1.29 is 26.2 Å². The molecule has 0 nitrogen and oxygen atoms in total. The van der Waals surface area contributed by atoms with Crippen LogP contribution in [0.1, 0.15) is 24.0 Å². The van der Waals surface area contributed by atoms with Crippen LogP contribution in [0.4, 0.5) is 0 Å². The fourth-order valence-corrected chi connectivity index (χ4v) is 5.30. The van der Waals surface area contributed by atoms with Crippen LogP contribution in [0.15, 0.2) is 95.4 Å². The largest absolute Gasteiger partial charge is 4.00 e. The Morgan fingerprint density at radius 2 is 0.879 bits per heavy atom. The van der Waals surface area contributed by atoms with Gasteiger partial charge in [-0.25, -0.2) is 22.5 Å². The number of allylic oxidation sites excluding steroid dienone is 8. The van der Waals surface area contributed by atoms with Gasteiger partial charge in [0, 0.05) is 16.1 Å². The van der Waals surface area contributed by atoms with Crippen molar-refractivity contribution in [2.24, 2.45) is 0 Å². The van der Waals surface area contributed by atoms with Gasteiger partial charge in [-0.3, -0.25) is 12.2 Å². The van der Waals surface area contributed by atoms with Gasteiger partial charge in [0.1, 0.15) is 0 Å². The summed E-state index contributed by atoms with van der Waals surface area (Å²) in [5, 5.41) is 2.98. The van der Waals surface area contributed by atoms with Gasteiger partial charge in [-0.2, -0.15) is 61.4 Å². The zero-order valence-electron chi connectivity index (χ0n) is 21.4. The minimum absolute atomic E-state index is 0. The molecule has 0 aliphatic heterocycles. The summed E-state index contributed by atoms with van der Waals surface area (Å²) in [6.45, 7) is 21.6. The SMILES string of the molecule is C[Si](C)(C)C1=[C-]CC=C1.C[Si](C)(C)C1=[C-]CC=C1.[CH2-]c1ccccc1.[CH2-]c1ccccc1.[Zr+4]. The second-order valence-corrected chi connectivity index (χ2v) is 19.9. The molecule has 2 aliphatic rings. The van der Waals surface area contributed by atoms with Crippen LogP contribution >= 0.6 is 0 Å². The molecule has 0 amide bonds. The van der Waals surface area contributed by atoms with Crippen LogP contribution in [0.25, 0.3) is 0 Å². The Bertz CT molecular complexity index is 816. The van der Waals surface area contributed by atoms with Crippen molar-refractivity contribution >= 4 is 16.1 Å². The smallest absolute Gasteiger partial charge is 0.274 e. The number of benzene rings is 2. The minimum atomic E-state index is -1.01. The summed E-state index contributed by atoms with van der Waals surface area (Å²) in [6, 6.07) is 19.7. The molecular formula is C30H40Si2Zr. The maximum Gasteiger partial charge on any atom is 4.00 e. The third-order valence-electron chi connectivity index (χ3n) is 4.69. The van der Waals surface area contributed by atoms with E-state index in [9.17, 15) is 0 Å². The van der Waals surface area contributed by atoms with E-state index in [1.807, 2.05) is 60.7 Å². The summed E-state index contributed by atoms with van der Waals surface area (Å²) in [5.74, 6) is 0. The Balaban J connectivity index is 0.000000412. The number of hydrogen-bond acceptors (Lipinski definition) is 0. The van der Waals surface area contributed by atoms with Crippen LogP contribution in [-0.4, -0.2) is 16.1 Å². The molecule has 0 fully saturated rings. The second kappa shape index (κ2) is 16.1. The Morgan fingerprint density at radius 3 is 1.00 bits per heavy atom. The first-order valence-electron chi connectivity index (χ1n) is 11.3. The molecule has 3 heteroatoms. The molecule has 2 aliphatic carbocycles. The Morgan fingerprint density at radius 1 is 0.576 bits per heavy atom. The van der Waals surface area contributed by atoms with Crippen LogP contribution < -0.4 is 0 Å². The molecule has 0 aromatic heterocycles. The van der Waals surface area contributed by atoms with E-state index >= 15 is 0 Å². The number of hydrogen-bond donors (Lipinski definition) is 0. The monoisotopic (exact) mass is 546 g/mol. The molecule has 33 heavy (non-hydrogen) atoms. The molecule has 0 unspecified atom stereocenters. The van der Waals surface area contributed by atoms with Crippen molar-refractivity contribution in [1.82, 2.24) is 0 Å². The molecule has 0 saturated heterocycles. The van der Waals surface area contributed by atoms with Crippen LogP contribution in [0.5, 0.6) is 0 Å². The molecule has 4 rings (SSSR count). The number of rotatable bonds is 2.